The van der Waals surface area contributed by atoms with Gasteiger partial charge in [-0.2, -0.15) is 0 Å². The molecule has 2 rings (SSSR count). The first-order valence-corrected chi connectivity index (χ1v) is 6.12. The van der Waals surface area contributed by atoms with Gasteiger partial charge in [-0.15, -0.1) is 0 Å². The van der Waals surface area contributed by atoms with E-state index in [9.17, 15) is 0 Å². The SMILES string of the molecule is N[C@@H]1C[C@H](CO)C[C@H]1c1ccc(Br)cc1. The lowest BCUT2D eigenvalue weighted by Crippen LogP contribution is -2.22. The van der Waals surface area contributed by atoms with E-state index in [1.54, 1.807) is 0 Å². The maximum atomic E-state index is 9.13. The molecule has 0 spiro atoms. The zero-order chi connectivity index (χ0) is 10.8. The lowest BCUT2D eigenvalue weighted by molar-refractivity contribution is 0.228. The molecule has 0 amide bonds. The predicted octanol–water partition coefficient (Wildman–Crippen LogP) is 2.26. The minimum absolute atomic E-state index is 0.198. The van der Waals surface area contributed by atoms with Crippen LogP contribution in [0.15, 0.2) is 28.7 Å². The molecule has 0 aromatic heterocycles. The Labute approximate surface area is 98.6 Å². The molecule has 0 aliphatic heterocycles. The lowest BCUT2D eigenvalue weighted by atomic mass is 9.94. The van der Waals surface area contributed by atoms with Crippen molar-refractivity contribution >= 4 is 15.9 Å². The minimum Gasteiger partial charge on any atom is -0.396 e. The summed E-state index contributed by atoms with van der Waals surface area (Å²) < 4.78 is 1.09. The van der Waals surface area contributed by atoms with Gasteiger partial charge in [0, 0.05) is 17.1 Å². The van der Waals surface area contributed by atoms with Crippen molar-refractivity contribution in [2.75, 3.05) is 6.61 Å². The Morgan fingerprint density at radius 2 is 1.93 bits per heavy atom. The van der Waals surface area contributed by atoms with Crippen LogP contribution >= 0.6 is 15.9 Å². The number of hydrogen-bond donors (Lipinski definition) is 2. The van der Waals surface area contributed by atoms with E-state index in [-0.39, 0.29) is 12.6 Å². The molecule has 3 heteroatoms. The summed E-state index contributed by atoms with van der Waals surface area (Å²) in [5.41, 5.74) is 7.39. The summed E-state index contributed by atoms with van der Waals surface area (Å²) >= 11 is 3.42. The number of aliphatic hydroxyl groups is 1. The molecule has 15 heavy (non-hydrogen) atoms. The Kier molecular flexibility index (Phi) is 3.44. The maximum absolute atomic E-state index is 9.13. The molecular formula is C12H16BrNO. The molecule has 0 bridgehead atoms. The molecule has 1 aromatic carbocycles. The van der Waals surface area contributed by atoms with Crippen LogP contribution in [0, 0.1) is 5.92 Å². The molecule has 0 radical (unpaired) electrons. The average molecular weight is 270 g/mol. The van der Waals surface area contributed by atoms with E-state index in [1.807, 2.05) is 12.1 Å². The molecule has 2 nitrogen and oxygen atoms in total. The zero-order valence-corrected chi connectivity index (χ0v) is 10.2. The van der Waals surface area contributed by atoms with Crippen molar-refractivity contribution in [3.05, 3.63) is 34.3 Å². The highest BCUT2D eigenvalue weighted by atomic mass is 79.9. The van der Waals surface area contributed by atoms with Crippen molar-refractivity contribution in [2.45, 2.75) is 24.8 Å². The largest absolute Gasteiger partial charge is 0.396 e. The molecule has 1 aromatic rings. The molecule has 1 fully saturated rings. The molecule has 3 atom stereocenters. The van der Waals surface area contributed by atoms with Gasteiger partial charge in [0.05, 0.1) is 0 Å². The molecule has 1 aliphatic rings. The van der Waals surface area contributed by atoms with Crippen LogP contribution in [0.2, 0.25) is 0 Å². The summed E-state index contributed by atoms with van der Waals surface area (Å²) in [6, 6.07) is 8.54. The Bertz CT molecular complexity index is 325. The zero-order valence-electron chi connectivity index (χ0n) is 8.57. The summed E-state index contributed by atoms with van der Waals surface area (Å²) in [5.74, 6) is 0.795. The Balaban J connectivity index is 2.14. The van der Waals surface area contributed by atoms with Gasteiger partial charge < -0.3 is 10.8 Å². The first-order chi connectivity index (χ1) is 7.20. The number of halogens is 1. The summed E-state index contributed by atoms with van der Waals surface area (Å²) in [6.07, 6.45) is 1.95. The summed E-state index contributed by atoms with van der Waals surface area (Å²) in [5, 5.41) is 9.13. The topological polar surface area (TPSA) is 46.2 Å². The van der Waals surface area contributed by atoms with Crippen molar-refractivity contribution in [1.82, 2.24) is 0 Å². The highest BCUT2D eigenvalue weighted by molar-refractivity contribution is 9.10. The Morgan fingerprint density at radius 3 is 2.47 bits per heavy atom. The summed E-state index contributed by atoms with van der Waals surface area (Å²) in [7, 11) is 0. The highest BCUT2D eigenvalue weighted by Crippen LogP contribution is 2.37. The number of benzene rings is 1. The minimum atomic E-state index is 0.198. The monoisotopic (exact) mass is 269 g/mol. The average Bonchev–Trinajstić information content (AvgIpc) is 2.61. The molecule has 1 aliphatic carbocycles. The van der Waals surface area contributed by atoms with Crippen molar-refractivity contribution in [3.63, 3.8) is 0 Å². The van der Waals surface area contributed by atoms with Gasteiger partial charge in [0.1, 0.15) is 0 Å². The number of nitrogens with two attached hydrogens (primary N) is 1. The van der Waals surface area contributed by atoms with Crippen LogP contribution in [0.1, 0.15) is 24.3 Å². The highest BCUT2D eigenvalue weighted by Gasteiger charge is 2.32. The van der Waals surface area contributed by atoms with Crippen LogP contribution in [0.25, 0.3) is 0 Å². The van der Waals surface area contributed by atoms with Crippen molar-refractivity contribution < 1.29 is 5.11 Å². The van der Waals surface area contributed by atoms with Crippen LogP contribution in [-0.2, 0) is 0 Å². The Hall–Kier alpha value is -0.380. The molecule has 82 valence electrons. The third kappa shape index (κ3) is 2.41. The van der Waals surface area contributed by atoms with Gasteiger partial charge in [0.25, 0.3) is 0 Å². The molecule has 1 saturated carbocycles. The number of rotatable bonds is 2. The van der Waals surface area contributed by atoms with Crippen LogP contribution < -0.4 is 5.73 Å². The van der Waals surface area contributed by atoms with E-state index < -0.39 is 0 Å². The third-order valence-electron chi connectivity index (χ3n) is 3.27. The summed E-state index contributed by atoms with van der Waals surface area (Å²) in [4.78, 5) is 0. The van der Waals surface area contributed by atoms with Gasteiger partial charge in [-0.25, -0.2) is 0 Å². The van der Waals surface area contributed by atoms with E-state index in [1.165, 1.54) is 5.56 Å². The number of aliphatic hydroxyl groups excluding tert-OH is 1. The molecule has 3 N–H and O–H groups in total. The molecule has 0 unspecified atom stereocenters. The second-order valence-electron chi connectivity index (χ2n) is 4.34. The smallest absolute Gasteiger partial charge is 0.0460 e. The van der Waals surface area contributed by atoms with Crippen LogP contribution in [0.3, 0.4) is 0 Å². The first-order valence-electron chi connectivity index (χ1n) is 5.32. The van der Waals surface area contributed by atoms with Crippen molar-refractivity contribution in [3.8, 4) is 0 Å². The fourth-order valence-electron chi connectivity index (χ4n) is 2.42. The second-order valence-corrected chi connectivity index (χ2v) is 5.26. The van der Waals surface area contributed by atoms with Gasteiger partial charge in [-0.1, -0.05) is 28.1 Å². The second kappa shape index (κ2) is 4.64. The van der Waals surface area contributed by atoms with Crippen molar-refractivity contribution in [2.24, 2.45) is 11.7 Å². The van der Waals surface area contributed by atoms with E-state index in [2.05, 4.69) is 28.1 Å². The summed E-state index contributed by atoms with van der Waals surface area (Å²) in [6.45, 7) is 0.265. The third-order valence-corrected chi connectivity index (χ3v) is 3.79. The van der Waals surface area contributed by atoms with Crippen LogP contribution in [-0.4, -0.2) is 17.8 Å². The standard InChI is InChI=1S/C12H16BrNO/c13-10-3-1-9(2-4-10)11-5-8(7-15)6-12(11)14/h1-4,8,11-12,15H,5-7,14H2/t8-,11+,12-/m1/s1. The normalized spacial score (nSPS) is 30.7. The van der Waals surface area contributed by atoms with E-state index in [4.69, 9.17) is 10.8 Å². The quantitative estimate of drug-likeness (QED) is 0.866. The first kappa shape index (κ1) is 11.1. The molecule has 0 heterocycles. The number of hydrogen-bond acceptors (Lipinski definition) is 2. The van der Waals surface area contributed by atoms with E-state index in [0.29, 0.717) is 11.8 Å². The van der Waals surface area contributed by atoms with Gasteiger partial charge in [0.2, 0.25) is 0 Å². The maximum Gasteiger partial charge on any atom is 0.0460 e. The van der Waals surface area contributed by atoms with Gasteiger partial charge >= 0.3 is 0 Å². The predicted molar refractivity (Wildman–Crippen MR) is 64.7 cm³/mol. The molecule has 0 saturated heterocycles. The van der Waals surface area contributed by atoms with Gasteiger partial charge in [0.15, 0.2) is 0 Å². The van der Waals surface area contributed by atoms with Crippen LogP contribution in [0.5, 0.6) is 0 Å². The van der Waals surface area contributed by atoms with Crippen LogP contribution in [0.4, 0.5) is 0 Å². The van der Waals surface area contributed by atoms with E-state index in [0.717, 1.165) is 17.3 Å². The Morgan fingerprint density at radius 1 is 1.27 bits per heavy atom. The molecular weight excluding hydrogens is 254 g/mol. The fraction of sp³-hybridized carbons (Fsp3) is 0.500. The van der Waals surface area contributed by atoms with E-state index >= 15 is 0 Å². The van der Waals surface area contributed by atoms with Gasteiger partial charge in [-0.05, 0) is 42.4 Å². The lowest BCUT2D eigenvalue weighted by Gasteiger charge is -2.15. The fourth-order valence-corrected chi connectivity index (χ4v) is 2.69. The van der Waals surface area contributed by atoms with Crippen molar-refractivity contribution in [1.29, 1.82) is 0 Å². The van der Waals surface area contributed by atoms with Gasteiger partial charge in [-0.3, -0.25) is 0 Å².